The fourth-order valence-corrected chi connectivity index (χ4v) is 6.60. The number of fused-ring (bicyclic) bond motifs is 1. The summed E-state index contributed by atoms with van der Waals surface area (Å²) in [6.07, 6.45) is 4.14. The summed E-state index contributed by atoms with van der Waals surface area (Å²) >= 11 is 1.80. The Bertz CT molecular complexity index is 1040. The van der Waals surface area contributed by atoms with Gasteiger partial charge in [0.05, 0.1) is 29.0 Å². The number of nitrogens with one attached hydrogen (secondary N) is 2. The standard InChI is InChI=1S/C25H35N5O2S/c1-15-10-18-12-20(28-23(18)19(11-15)27-13-17-5-8-32-9-6-17)25-29-21(14-33-25)16(2)30-7-3-4-22(30)24(26)31/h10-12,16-17,21-22,27-28H,3-9,13-14H2,1-2H3,(H2,26,31). The van der Waals surface area contributed by atoms with Crippen LogP contribution in [0.15, 0.2) is 23.2 Å². The molecule has 7 nitrogen and oxygen atoms in total. The van der Waals surface area contributed by atoms with E-state index in [1.54, 1.807) is 11.8 Å². The largest absolute Gasteiger partial charge is 0.383 e. The summed E-state index contributed by atoms with van der Waals surface area (Å²) in [5.41, 5.74) is 10.3. The highest BCUT2D eigenvalue weighted by Crippen LogP contribution is 2.33. The van der Waals surface area contributed by atoms with Gasteiger partial charge in [0.1, 0.15) is 5.04 Å². The number of thioether (sulfide) groups is 1. The van der Waals surface area contributed by atoms with Crippen LogP contribution in [-0.4, -0.2) is 71.0 Å². The number of carbonyl (C=O) groups excluding carboxylic acids is 1. The van der Waals surface area contributed by atoms with Crippen molar-refractivity contribution in [3.63, 3.8) is 0 Å². The molecule has 4 N–H and O–H groups in total. The van der Waals surface area contributed by atoms with Crippen molar-refractivity contribution in [1.29, 1.82) is 0 Å². The minimum Gasteiger partial charge on any atom is -0.383 e. The van der Waals surface area contributed by atoms with Gasteiger partial charge >= 0.3 is 0 Å². The number of rotatable bonds is 7. The van der Waals surface area contributed by atoms with Crippen LogP contribution in [0, 0.1) is 12.8 Å². The molecule has 3 aliphatic heterocycles. The van der Waals surface area contributed by atoms with Crippen molar-refractivity contribution in [2.75, 3.05) is 37.4 Å². The van der Waals surface area contributed by atoms with E-state index in [1.165, 1.54) is 10.9 Å². The number of amides is 1. The maximum Gasteiger partial charge on any atom is 0.234 e. The van der Waals surface area contributed by atoms with Gasteiger partial charge in [-0.15, -0.1) is 11.8 Å². The van der Waals surface area contributed by atoms with Crippen molar-refractivity contribution >= 4 is 39.3 Å². The van der Waals surface area contributed by atoms with Crippen molar-refractivity contribution in [3.8, 4) is 0 Å². The number of aliphatic imine (C=N–C) groups is 1. The van der Waals surface area contributed by atoms with E-state index in [-0.39, 0.29) is 24.0 Å². The maximum absolute atomic E-state index is 11.9. The van der Waals surface area contributed by atoms with E-state index < -0.39 is 0 Å². The summed E-state index contributed by atoms with van der Waals surface area (Å²) in [6, 6.07) is 6.92. The summed E-state index contributed by atoms with van der Waals surface area (Å²) in [6.45, 7) is 7.98. The number of aromatic amines is 1. The predicted molar refractivity (Wildman–Crippen MR) is 136 cm³/mol. The van der Waals surface area contributed by atoms with E-state index in [2.05, 4.69) is 47.2 Å². The van der Waals surface area contributed by atoms with Crippen LogP contribution in [0.2, 0.25) is 0 Å². The molecule has 4 heterocycles. The molecule has 1 aromatic carbocycles. The van der Waals surface area contributed by atoms with E-state index >= 15 is 0 Å². The van der Waals surface area contributed by atoms with Crippen LogP contribution < -0.4 is 11.1 Å². The zero-order valence-corrected chi connectivity index (χ0v) is 20.4. The number of benzene rings is 1. The lowest BCUT2D eigenvalue weighted by Crippen LogP contribution is -2.49. The molecular weight excluding hydrogens is 434 g/mol. The fourth-order valence-electron chi connectivity index (χ4n) is 5.44. The van der Waals surface area contributed by atoms with E-state index in [4.69, 9.17) is 15.5 Å². The van der Waals surface area contributed by atoms with Crippen LogP contribution in [0.1, 0.15) is 43.9 Å². The average Bonchev–Trinajstić information content (AvgIpc) is 3.56. The number of anilines is 1. The van der Waals surface area contributed by atoms with Crippen molar-refractivity contribution in [2.45, 2.75) is 57.7 Å². The second kappa shape index (κ2) is 9.68. The normalized spacial score (nSPS) is 25.5. The number of likely N-dealkylation sites (tertiary alicyclic amines) is 1. The molecule has 0 spiro atoms. The Hall–Kier alpha value is -2.03. The third kappa shape index (κ3) is 4.79. The molecular formula is C25H35N5O2S. The van der Waals surface area contributed by atoms with Gasteiger partial charge in [-0.25, -0.2) is 0 Å². The number of ether oxygens (including phenoxy) is 1. The minimum absolute atomic E-state index is 0.148. The number of aromatic nitrogens is 1. The van der Waals surface area contributed by atoms with E-state index in [0.717, 1.165) is 79.7 Å². The Morgan fingerprint density at radius 2 is 2.15 bits per heavy atom. The summed E-state index contributed by atoms with van der Waals surface area (Å²) < 4.78 is 5.50. The molecule has 0 aliphatic carbocycles. The van der Waals surface area contributed by atoms with Gasteiger partial charge in [0.15, 0.2) is 0 Å². The highest BCUT2D eigenvalue weighted by atomic mass is 32.2. The molecule has 8 heteroatoms. The first kappa shape index (κ1) is 22.7. The van der Waals surface area contributed by atoms with Crippen LogP contribution in [-0.2, 0) is 9.53 Å². The second-order valence-electron chi connectivity index (χ2n) is 9.75. The van der Waals surface area contributed by atoms with E-state index in [0.29, 0.717) is 5.92 Å². The van der Waals surface area contributed by atoms with Crippen LogP contribution in [0.4, 0.5) is 5.69 Å². The third-order valence-electron chi connectivity index (χ3n) is 7.40. The first-order chi connectivity index (χ1) is 16.0. The van der Waals surface area contributed by atoms with Gasteiger partial charge in [-0.05, 0) is 75.8 Å². The van der Waals surface area contributed by atoms with Crippen LogP contribution >= 0.6 is 11.8 Å². The van der Waals surface area contributed by atoms with Crippen molar-refractivity contribution in [2.24, 2.45) is 16.6 Å². The topological polar surface area (TPSA) is 95.7 Å². The second-order valence-corrected chi connectivity index (χ2v) is 10.8. The zero-order valence-electron chi connectivity index (χ0n) is 19.6. The highest BCUT2D eigenvalue weighted by molar-refractivity contribution is 8.14. The first-order valence-corrected chi connectivity index (χ1v) is 13.2. The summed E-state index contributed by atoms with van der Waals surface area (Å²) in [5.74, 6) is 1.39. The van der Waals surface area contributed by atoms with Gasteiger partial charge in [-0.2, -0.15) is 0 Å². The van der Waals surface area contributed by atoms with Gasteiger partial charge in [0, 0.05) is 36.9 Å². The highest BCUT2D eigenvalue weighted by Gasteiger charge is 2.37. The zero-order chi connectivity index (χ0) is 22.9. The number of nitrogens with two attached hydrogens (primary N) is 1. The number of hydrogen-bond donors (Lipinski definition) is 3. The third-order valence-corrected chi connectivity index (χ3v) is 8.51. The molecule has 3 atom stereocenters. The van der Waals surface area contributed by atoms with Gasteiger partial charge in [0.2, 0.25) is 5.91 Å². The monoisotopic (exact) mass is 469 g/mol. The molecule has 2 saturated heterocycles. The Labute approximate surface area is 199 Å². The predicted octanol–water partition coefficient (Wildman–Crippen LogP) is 3.52. The van der Waals surface area contributed by atoms with Crippen molar-refractivity contribution in [3.05, 3.63) is 29.5 Å². The Morgan fingerprint density at radius 3 is 2.94 bits per heavy atom. The van der Waals surface area contributed by atoms with Crippen LogP contribution in [0.3, 0.4) is 0 Å². The summed E-state index contributed by atoms with van der Waals surface area (Å²) in [5, 5.41) is 5.97. The van der Waals surface area contributed by atoms with Crippen molar-refractivity contribution < 1.29 is 9.53 Å². The van der Waals surface area contributed by atoms with E-state index in [9.17, 15) is 4.79 Å². The Balaban J connectivity index is 1.34. The molecule has 178 valence electrons. The Kier molecular flexibility index (Phi) is 6.67. The average molecular weight is 470 g/mol. The number of hydrogen-bond acceptors (Lipinski definition) is 6. The first-order valence-electron chi connectivity index (χ1n) is 12.2. The lowest BCUT2D eigenvalue weighted by Gasteiger charge is -2.31. The SMILES string of the molecule is Cc1cc(NCC2CCOCC2)c2[nH]c(C3=NC(C(C)N4CCCC4C(N)=O)CS3)cc2c1. The van der Waals surface area contributed by atoms with Gasteiger partial charge < -0.3 is 20.8 Å². The number of H-pyrrole nitrogens is 1. The molecule has 1 amide bonds. The molecule has 2 aromatic rings. The number of carbonyl (C=O) groups is 1. The smallest absolute Gasteiger partial charge is 0.234 e. The molecule has 33 heavy (non-hydrogen) atoms. The molecule has 2 fully saturated rings. The van der Waals surface area contributed by atoms with Gasteiger partial charge in [-0.1, -0.05) is 0 Å². The molecule has 5 rings (SSSR count). The molecule has 0 saturated carbocycles. The molecule has 3 aliphatic rings. The number of aryl methyl sites for hydroxylation is 1. The lowest BCUT2D eigenvalue weighted by atomic mass is 10.0. The Morgan fingerprint density at radius 1 is 1.33 bits per heavy atom. The van der Waals surface area contributed by atoms with E-state index in [1.807, 2.05) is 0 Å². The molecule has 0 radical (unpaired) electrons. The maximum atomic E-state index is 11.9. The molecule has 3 unspecified atom stereocenters. The number of nitrogens with zero attached hydrogens (tertiary/aromatic N) is 2. The summed E-state index contributed by atoms with van der Waals surface area (Å²) in [4.78, 5) is 22.8. The fraction of sp³-hybridized carbons (Fsp3) is 0.600. The minimum atomic E-state index is -0.207. The van der Waals surface area contributed by atoms with Gasteiger partial charge in [-0.3, -0.25) is 14.7 Å². The lowest BCUT2D eigenvalue weighted by molar-refractivity contribution is -0.122. The molecule has 0 bridgehead atoms. The number of primary amides is 1. The molecule has 1 aromatic heterocycles. The quantitative estimate of drug-likeness (QED) is 0.577. The van der Waals surface area contributed by atoms with Crippen LogP contribution in [0.25, 0.3) is 10.9 Å². The summed E-state index contributed by atoms with van der Waals surface area (Å²) in [7, 11) is 0. The van der Waals surface area contributed by atoms with Gasteiger partial charge in [0.25, 0.3) is 0 Å². The van der Waals surface area contributed by atoms with Crippen molar-refractivity contribution in [1.82, 2.24) is 9.88 Å². The van der Waals surface area contributed by atoms with Crippen LogP contribution in [0.5, 0.6) is 0 Å².